The fourth-order valence-corrected chi connectivity index (χ4v) is 2.76. The maximum absolute atomic E-state index is 12.1. The molecule has 0 spiro atoms. The van der Waals surface area contributed by atoms with Crippen LogP contribution >= 0.6 is 0 Å². The summed E-state index contributed by atoms with van der Waals surface area (Å²) < 4.78 is 5.25. The van der Waals surface area contributed by atoms with Gasteiger partial charge in [0.15, 0.2) is 0 Å². The van der Waals surface area contributed by atoms with Crippen LogP contribution < -0.4 is 0 Å². The molecule has 0 radical (unpaired) electrons. The Balaban J connectivity index is 1.81. The highest BCUT2D eigenvalue weighted by Gasteiger charge is 2.33. The van der Waals surface area contributed by atoms with Crippen LogP contribution in [0, 0.1) is 5.92 Å². The maximum atomic E-state index is 12.1. The molecule has 2 saturated carbocycles. The van der Waals surface area contributed by atoms with Crippen LogP contribution in [0.3, 0.4) is 0 Å². The van der Waals surface area contributed by atoms with Crippen molar-refractivity contribution in [3.63, 3.8) is 0 Å². The topological polar surface area (TPSA) is 29.5 Å². The van der Waals surface area contributed by atoms with Gasteiger partial charge in [0.1, 0.15) is 6.61 Å². The second-order valence-electron chi connectivity index (χ2n) is 5.42. The molecule has 0 N–H and O–H groups in total. The molecule has 0 unspecified atom stereocenters. The van der Waals surface area contributed by atoms with E-state index in [2.05, 4.69) is 4.90 Å². The molecule has 98 valence electrons. The van der Waals surface area contributed by atoms with E-state index in [9.17, 15) is 4.79 Å². The number of hydrogen-bond acceptors (Lipinski definition) is 2. The average Bonchev–Trinajstić information content (AvgIpc) is 3.18. The van der Waals surface area contributed by atoms with Gasteiger partial charge >= 0.3 is 0 Å². The molecule has 0 aromatic carbocycles. The van der Waals surface area contributed by atoms with E-state index in [0.717, 1.165) is 12.5 Å². The molecule has 2 aliphatic carbocycles. The van der Waals surface area contributed by atoms with E-state index in [1.165, 1.54) is 44.9 Å². The smallest absolute Gasteiger partial charge is 0.248 e. The molecule has 3 heteroatoms. The Morgan fingerprint density at radius 2 is 1.88 bits per heavy atom. The van der Waals surface area contributed by atoms with Gasteiger partial charge in [-0.1, -0.05) is 19.3 Å². The molecule has 0 bridgehead atoms. The van der Waals surface area contributed by atoms with E-state index in [4.69, 9.17) is 4.74 Å². The summed E-state index contributed by atoms with van der Waals surface area (Å²) in [6.07, 6.45) is 9.10. The van der Waals surface area contributed by atoms with Gasteiger partial charge in [-0.05, 0) is 38.5 Å². The summed E-state index contributed by atoms with van der Waals surface area (Å²) in [5.41, 5.74) is 0. The molecule has 0 aromatic rings. The first-order valence-electron chi connectivity index (χ1n) is 7.18. The summed E-state index contributed by atoms with van der Waals surface area (Å²) in [6.45, 7) is 3.83. The fraction of sp³-hybridized carbons (Fsp3) is 0.929. The Kier molecular flexibility index (Phi) is 4.84. The lowest BCUT2D eigenvalue weighted by molar-refractivity contribution is -0.137. The summed E-state index contributed by atoms with van der Waals surface area (Å²) in [6, 6.07) is 0.532. The van der Waals surface area contributed by atoms with Crippen LogP contribution in [0.15, 0.2) is 0 Å². The van der Waals surface area contributed by atoms with Crippen LogP contribution in [0.4, 0.5) is 0 Å². The predicted octanol–water partition coefficient (Wildman–Crippen LogP) is 2.59. The highest BCUT2D eigenvalue weighted by atomic mass is 16.5. The summed E-state index contributed by atoms with van der Waals surface area (Å²) in [4.78, 5) is 14.2. The Morgan fingerprint density at radius 1 is 1.18 bits per heavy atom. The molecule has 0 saturated heterocycles. The summed E-state index contributed by atoms with van der Waals surface area (Å²) in [7, 11) is 0. The van der Waals surface area contributed by atoms with E-state index < -0.39 is 0 Å². The highest BCUT2D eigenvalue weighted by Crippen LogP contribution is 2.31. The lowest BCUT2D eigenvalue weighted by atomic mass is 9.89. The van der Waals surface area contributed by atoms with Gasteiger partial charge in [0.05, 0.1) is 0 Å². The molecule has 17 heavy (non-hydrogen) atoms. The molecule has 3 nitrogen and oxygen atoms in total. The van der Waals surface area contributed by atoms with Gasteiger partial charge in [-0.25, -0.2) is 0 Å². The number of ether oxygens (including phenoxy) is 1. The monoisotopic (exact) mass is 239 g/mol. The second-order valence-corrected chi connectivity index (χ2v) is 5.42. The standard InChI is InChI=1S/C14H25NO2/c1-2-17-11-14(16)15(13-8-9-13)10-12-6-4-3-5-7-12/h12-13H,2-11H2,1H3. The van der Waals surface area contributed by atoms with Crippen LogP contribution in [-0.2, 0) is 9.53 Å². The maximum Gasteiger partial charge on any atom is 0.248 e. The van der Waals surface area contributed by atoms with Crippen molar-refractivity contribution in [1.82, 2.24) is 4.90 Å². The van der Waals surface area contributed by atoms with Crippen molar-refractivity contribution < 1.29 is 9.53 Å². The quantitative estimate of drug-likeness (QED) is 0.713. The Labute approximate surface area is 105 Å². The van der Waals surface area contributed by atoms with Gasteiger partial charge in [-0.15, -0.1) is 0 Å². The van der Waals surface area contributed by atoms with Crippen molar-refractivity contribution in [2.75, 3.05) is 19.8 Å². The fourth-order valence-electron chi connectivity index (χ4n) is 2.76. The molecular formula is C14H25NO2. The van der Waals surface area contributed by atoms with E-state index in [1.54, 1.807) is 0 Å². The van der Waals surface area contributed by atoms with Gasteiger partial charge in [-0.3, -0.25) is 4.79 Å². The largest absolute Gasteiger partial charge is 0.372 e. The minimum atomic E-state index is 0.208. The van der Waals surface area contributed by atoms with Crippen LogP contribution in [0.1, 0.15) is 51.9 Å². The second kappa shape index (κ2) is 6.39. The molecule has 1 amide bonds. The van der Waals surface area contributed by atoms with Crippen molar-refractivity contribution >= 4 is 5.91 Å². The van der Waals surface area contributed by atoms with Gasteiger partial charge in [0.2, 0.25) is 5.91 Å². The van der Waals surface area contributed by atoms with Gasteiger partial charge in [-0.2, -0.15) is 0 Å². The first kappa shape index (κ1) is 12.9. The third-order valence-electron chi connectivity index (χ3n) is 3.92. The lowest BCUT2D eigenvalue weighted by Gasteiger charge is -2.30. The molecule has 0 aliphatic heterocycles. The van der Waals surface area contributed by atoms with Crippen molar-refractivity contribution in [3.05, 3.63) is 0 Å². The molecule has 0 aromatic heterocycles. The van der Waals surface area contributed by atoms with E-state index >= 15 is 0 Å². The number of carbonyl (C=O) groups is 1. The lowest BCUT2D eigenvalue weighted by Crippen LogP contribution is -2.39. The molecular weight excluding hydrogens is 214 g/mol. The SMILES string of the molecule is CCOCC(=O)N(CC1CCCCC1)C1CC1. The summed E-state index contributed by atoms with van der Waals surface area (Å²) in [5, 5.41) is 0. The first-order valence-corrected chi connectivity index (χ1v) is 7.18. The normalized spacial score (nSPS) is 21.5. The third kappa shape index (κ3) is 3.98. The van der Waals surface area contributed by atoms with Crippen molar-refractivity contribution in [2.24, 2.45) is 5.92 Å². The summed E-state index contributed by atoms with van der Waals surface area (Å²) in [5.74, 6) is 0.954. The highest BCUT2D eigenvalue weighted by molar-refractivity contribution is 5.78. The molecule has 0 atom stereocenters. The van der Waals surface area contributed by atoms with Crippen LogP contribution in [0.2, 0.25) is 0 Å². The minimum absolute atomic E-state index is 0.208. The number of nitrogens with zero attached hydrogens (tertiary/aromatic N) is 1. The minimum Gasteiger partial charge on any atom is -0.372 e. The average molecular weight is 239 g/mol. The van der Waals surface area contributed by atoms with E-state index in [-0.39, 0.29) is 12.5 Å². The Hall–Kier alpha value is -0.570. The third-order valence-corrected chi connectivity index (χ3v) is 3.92. The number of rotatable bonds is 6. The van der Waals surface area contributed by atoms with Crippen molar-refractivity contribution in [3.8, 4) is 0 Å². The van der Waals surface area contributed by atoms with Gasteiger partial charge < -0.3 is 9.64 Å². The predicted molar refractivity (Wildman–Crippen MR) is 67.8 cm³/mol. The van der Waals surface area contributed by atoms with Crippen LogP contribution in [0.25, 0.3) is 0 Å². The Morgan fingerprint density at radius 3 is 2.47 bits per heavy atom. The van der Waals surface area contributed by atoms with Crippen molar-refractivity contribution in [2.45, 2.75) is 57.9 Å². The number of carbonyl (C=O) groups excluding carboxylic acids is 1. The van der Waals surface area contributed by atoms with Crippen LogP contribution in [-0.4, -0.2) is 36.6 Å². The molecule has 0 heterocycles. The molecule has 2 rings (SSSR count). The molecule has 2 aliphatic rings. The zero-order chi connectivity index (χ0) is 12.1. The zero-order valence-corrected chi connectivity index (χ0v) is 11.0. The summed E-state index contributed by atoms with van der Waals surface area (Å²) >= 11 is 0. The van der Waals surface area contributed by atoms with E-state index in [1.807, 2.05) is 6.92 Å². The first-order chi connectivity index (χ1) is 8.31. The van der Waals surface area contributed by atoms with Crippen molar-refractivity contribution in [1.29, 1.82) is 0 Å². The number of hydrogen-bond donors (Lipinski definition) is 0. The van der Waals surface area contributed by atoms with Gasteiger partial charge in [0, 0.05) is 19.2 Å². The molecule has 2 fully saturated rings. The zero-order valence-electron chi connectivity index (χ0n) is 11.0. The Bertz CT molecular complexity index is 245. The van der Waals surface area contributed by atoms with Crippen LogP contribution in [0.5, 0.6) is 0 Å². The number of amides is 1. The van der Waals surface area contributed by atoms with E-state index in [0.29, 0.717) is 12.6 Å². The van der Waals surface area contributed by atoms with Gasteiger partial charge in [0.25, 0.3) is 0 Å².